The fourth-order valence-corrected chi connectivity index (χ4v) is 2.87. The second-order valence-corrected chi connectivity index (χ2v) is 5.68. The summed E-state index contributed by atoms with van der Waals surface area (Å²) >= 11 is 12.3. The van der Waals surface area contributed by atoms with Crippen molar-refractivity contribution >= 4 is 23.2 Å². The van der Waals surface area contributed by atoms with Gasteiger partial charge in [-0.25, -0.2) is 4.39 Å². The van der Waals surface area contributed by atoms with E-state index in [4.69, 9.17) is 23.2 Å². The maximum absolute atomic E-state index is 13.0. The Hall–Kier alpha value is -0.270. The molecule has 1 aromatic carbocycles. The zero-order valence-electron chi connectivity index (χ0n) is 11.1. The first-order chi connectivity index (χ1) is 8.56. The summed E-state index contributed by atoms with van der Waals surface area (Å²) in [5.41, 5.74) is 1.08. The average molecular weight is 291 g/mol. The molecule has 0 radical (unpaired) electrons. The number of hydrogen-bond acceptors (Lipinski definition) is 0. The van der Waals surface area contributed by atoms with Crippen LogP contribution in [0.2, 0.25) is 5.02 Å². The summed E-state index contributed by atoms with van der Waals surface area (Å²) in [6, 6.07) is 4.63. The summed E-state index contributed by atoms with van der Waals surface area (Å²) in [6.45, 7) is 4.34. The summed E-state index contributed by atoms with van der Waals surface area (Å²) in [7, 11) is 0. The van der Waals surface area contributed by atoms with Crippen LogP contribution in [0.25, 0.3) is 0 Å². The summed E-state index contributed by atoms with van der Waals surface area (Å²) in [5.74, 6) is 0.335. The van der Waals surface area contributed by atoms with Crippen molar-refractivity contribution < 1.29 is 4.39 Å². The Morgan fingerprint density at radius 3 is 2.50 bits per heavy atom. The van der Waals surface area contributed by atoms with Gasteiger partial charge in [-0.15, -0.1) is 11.6 Å². The predicted octanol–water partition coefficient (Wildman–Crippen LogP) is 5.85. The maximum Gasteiger partial charge on any atom is 0.124 e. The van der Waals surface area contributed by atoms with Crippen LogP contribution in [0.5, 0.6) is 0 Å². The Balaban J connectivity index is 2.88. The smallest absolute Gasteiger partial charge is 0.124 e. The third kappa shape index (κ3) is 4.13. The molecule has 3 heteroatoms. The van der Waals surface area contributed by atoms with Gasteiger partial charge in [0.25, 0.3) is 0 Å². The lowest BCUT2D eigenvalue weighted by Crippen LogP contribution is -2.25. The molecule has 0 amide bonds. The Labute approximate surface area is 119 Å². The first-order valence-electron chi connectivity index (χ1n) is 6.57. The molecule has 0 aliphatic rings. The van der Waals surface area contributed by atoms with Crippen molar-refractivity contribution in [1.82, 2.24) is 0 Å². The molecule has 0 nitrogen and oxygen atoms in total. The van der Waals surface area contributed by atoms with Gasteiger partial charge in [-0.05, 0) is 42.4 Å². The van der Waals surface area contributed by atoms with Gasteiger partial charge in [-0.1, -0.05) is 44.4 Å². The molecule has 0 heterocycles. The van der Waals surface area contributed by atoms with Crippen LogP contribution in [0.15, 0.2) is 18.2 Å². The van der Waals surface area contributed by atoms with E-state index in [1.807, 2.05) is 0 Å². The zero-order chi connectivity index (χ0) is 13.6. The van der Waals surface area contributed by atoms with Crippen LogP contribution < -0.4 is 0 Å². The second kappa shape index (κ2) is 7.35. The molecule has 0 bridgehead atoms. The number of hydrogen-bond donors (Lipinski definition) is 0. The Morgan fingerprint density at radius 2 is 2.00 bits per heavy atom. The minimum atomic E-state index is -0.287. The van der Waals surface area contributed by atoms with E-state index in [9.17, 15) is 4.39 Å². The van der Waals surface area contributed by atoms with Crippen molar-refractivity contribution in [2.45, 2.75) is 46.0 Å². The minimum Gasteiger partial charge on any atom is -0.207 e. The van der Waals surface area contributed by atoms with Crippen LogP contribution in [-0.2, 0) is 6.42 Å². The van der Waals surface area contributed by atoms with Gasteiger partial charge in [0.05, 0.1) is 0 Å². The fourth-order valence-electron chi connectivity index (χ4n) is 2.22. The van der Waals surface area contributed by atoms with E-state index in [2.05, 4.69) is 13.8 Å². The molecule has 1 aromatic rings. The van der Waals surface area contributed by atoms with Gasteiger partial charge in [0.2, 0.25) is 0 Å². The number of halogens is 3. The highest BCUT2D eigenvalue weighted by Crippen LogP contribution is 2.36. The van der Waals surface area contributed by atoms with Crippen molar-refractivity contribution in [2.24, 2.45) is 5.41 Å². The van der Waals surface area contributed by atoms with Gasteiger partial charge in [0.15, 0.2) is 0 Å². The summed E-state index contributed by atoms with van der Waals surface area (Å²) < 4.78 is 13.0. The first-order valence-corrected chi connectivity index (χ1v) is 7.48. The van der Waals surface area contributed by atoms with Gasteiger partial charge in [0.1, 0.15) is 5.82 Å². The molecular formula is C15H21Cl2F. The molecule has 0 spiro atoms. The van der Waals surface area contributed by atoms with Crippen LogP contribution in [0, 0.1) is 11.2 Å². The summed E-state index contributed by atoms with van der Waals surface area (Å²) in [6.07, 6.45) is 5.27. The largest absolute Gasteiger partial charge is 0.207 e. The molecule has 1 atom stereocenters. The fraction of sp³-hybridized carbons (Fsp3) is 0.600. The average Bonchev–Trinajstić information content (AvgIpc) is 2.37. The van der Waals surface area contributed by atoms with Crippen LogP contribution in [0.3, 0.4) is 0 Å². The predicted molar refractivity (Wildman–Crippen MR) is 78.1 cm³/mol. The SMILES string of the molecule is CCCCC(CC)(CCl)Cc1ccc(F)cc1Cl. The van der Waals surface area contributed by atoms with Crippen molar-refractivity contribution in [3.05, 3.63) is 34.6 Å². The van der Waals surface area contributed by atoms with Crippen LogP contribution in [0.4, 0.5) is 4.39 Å². The van der Waals surface area contributed by atoms with E-state index < -0.39 is 0 Å². The lowest BCUT2D eigenvalue weighted by molar-refractivity contribution is 0.279. The Morgan fingerprint density at radius 1 is 1.28 bits per heavy atom. The molecule has 0 aromatic heterocycles. The topological polar surface area (TPSA) is 0 Å². The highest BCUT2D eigenvalue weighted by atomic mass is 35.5. The highest BCUT2D eigenvalue weighted by Gasteiger charge is 2.27. The Kier molecular flexibility index (Phi) is 6.45. The highest BCUT2D eigenvalue weighted by molar-refractivity contribution is 6.31. The van der Waals surface area contributed by atoms with Crippen LogP contribution in [-0.4, -0.2) is 5.88 Å². The lowest BCUT2D eigenvalue weighted by Gasteiger charge is -2.31. The van der Waals surface area contributed by atoms with E-state index in [-0.39, 0.29) is 11.2 Å². The number of benzene rings is 1. The maximum atomic E-state index is 13.0. The number of unbranched alkanes of at least 4 members (excludes halogenated alkanes) is 1. The third-order valence-electron chi connectivity index (χ3n) is 3.67. The molecule has 0 saturated heterocycles. The molecule has 1 rings (SSSR count). The molecule has 0 aliphatic heterocycles. The van der Waals surface area contributed by atoms with Gasteiger partial charge >= 0.3 is 0 Å². The zero-order valence-corrected chi connectivity index (χ0v) is 12.6. The van der Waals surface area contributed by atoms with E-state index in [1.54, 1.807) is 6.07 Å². The standard InChI is InChI=1S/C15H21Cl2F/c1-3-5-8-15(4-2,11-16)10-12-6-7-13(18)9-14(12)17/h6-7,9H,3-5,8,10-11H2,1-2H3. The van der Waals surface area contributed by atoms with Crippen molar-refractivity contribution in [3.8, 4) is 0 Å². The van der Waals surface area contributed by atoms with E-state index in [0.717, 1.165) is 31.2 Å². The van der Waals surface area contributed by atoms with Gasteiger partial charge in [0, 0.05) is 10.9 Å². The van der Waals surface area contributed by atoms with Gasteiger partial charge in [-0.3, -0.25) is 0 Å². The lowest BCUT2D eigenvalue weighted by atomic mass is 9.77. The molecule has 1 unspecified atom stereocenters. The van der Waals surface area contributed by atoms with Crippen molar-refractivity contribution in [3.63, 3.8) is 0 Å². The van der Waals surface area contributed by atoms with Gasteiger partial charge < -0.3 is 0 Å². The van der Waals surface area contributed by atoms with Crippen LogP contribution >= 0.6 is 23.2 Å². The van der Waals surface area contributed by atoms with Crippen molar-refractivity contribution in [2.75, 3.05) is 5.88 Å². The normalized spacial score (nSPS) is 14.5. The molecule has 0 aliphatic carbocycles. The summed E-state index contributed by atoms with van der Waals surface area (Å²) in [5, 5.41) is 0.509. The molecular weight excluding hydrogens is 270 g/mol. The molecule has 102 valence electrons. The summed E-state index contributed by atoms with van der Waals surface area (Å²) in [4.78, 5) is 0. The molecule has 0 saturated carbocycles. The van der Waals surface area contributed by atoms with E-state index >= 15 is 0 Å². The molecule has 0 fully saturated rings. The monoisotopic (exact) mass is 290 g/mol. The minimum absolute atomic E-state index is 0.0824. The van der Waals surface area contributed by atoms with E-state index in [0.29, 0.717) is 10.9 Å². The van der Waals surface area contributed by atoms with Crippen LogP contribution in [0.1, 0.15) is 45.1 Å². The van der Waals surface area contributed by atoms with Gasteiger partial charge in [-0.2, -0.15) is 0 Å². The number of rotatable bonds is 7. The molecule has 18 heavy (non-hydrogen) atoms. The Bertz CT molecular complexity index is 373. The third-order valence-corrected chi connectivity index (χ3v) is 4.59. The first kappa shape index (κ1) is 15.8. The van der Waals surface area contributed by atoms with E-state index in [1.165, 1.54) is 18.6 Å². The second-order valence-electron chi connectivity index (χ2n) is 5.00. The molecule has 0 N–H and O–H groups in total. The quantitative estimate of drug-likeness (QED) is 0.553. The van der Waals surface area contributed by atoms with Crippen molar-refractivity contribution in [1.29, 1.82) is 0 Å². The number of alkyl halides is 1.